The zero-order valence-corrected chi connectivity index (χ0v) is 7.58. The summed E-state index contributed by atoms with van der Waals surface area (Å²) >= 11 is 0. The highest BCUT2D eigenvalue weighted by Gasteiger charge is 2.02. The molecule has 1 aromatic rings. The van der Waals surface area contributed by atoms with Gasteiger partial charge in [0.25, 0.3) is 0 Å². The van der Waals surface area contributed by atoms with Crippen molar-refractivity contribution in [2.24, 2.45) is 5.73 Å². The summed E-state index contributed by atoms with van der Waals surface area (Å²) in [5, 5.41) is 0. The molecule has 1 rings (SSSR count). The van der Waals surface area contributed by atoms with E-state index < -0.39 is 0 Å². The molecule has 0 radical (unpaired) electrons. The third-order valence-electron chi connectivity index (χ3n) is 1.73. The van der Waals surface area contributed by atoms with Crippen molar-refractivity contribution in [2.45, 2.75) is 19.4 Å². The maximum atomic E-state index is 5.69. The molecule has 0 aliphatic heterocycles. The van der Waals surface area contributed by atoms with E-state index in [2.05, 4.69) is 0 Å². The zero-order valence-electron chi connectivity index (χ0n) is 7.58. The van der Waals surface area contributed by atoms with Gasteiger partial charge < -0.3 is 10.5 Å². The van der Waals surface area contributed by atoms with Crippen LogP contribution in [0, 0.1) is 0 Å². The maximum Gasteiger partial charge on any atom is 0.122 e. The molecule has 0 saturated heterocycles. The van der Waals surface area contributed by atoms with Crippen LogP contribution in [-0.4, -0.2) is 13.2 Å². The van der Waals surface area contributed by atoms with Gasteiger partial charge in [-0.15, -0.1) is 0 Å². The molecule has 2 N–H and O–H groups in total. The number of nitrogens with two attached hydrogens (primary N) is 1. The minimum atomic E-state index is 0.182. The SMILES string of the molecule is COc1ccccc1C[C@@H](C)N. The first-order valence-corrected chi connectivity index (χ1v) is 4.11. The molecule has 1 aromatic carbocycles. The Morgan fingerprint density at radius 2 is 2.08 bits per heavy atom. The van der Waals surface area contributed by atoms with Crippen molar-refractivity contribution in [3.05, 3.63) is 29.8 Å². The Morgan fingerprint density at radius 3 is 2.67 bits per heavy atom. The quantitative estimate of drug-likeness (QED) is 0.738. The number of methoxy groups -OCH3 is 1. The van der Waals surface area contributed by atoms with Gasteiger partial charge in [0.05, 0.1) is 7.11 Å². The number of hydrogen-bond acceptors (Lipinski definition) is 2. The van der Waals surface area contributed by atoms with Gasteiger partial charge in [0.15, 0.2) is 0 Å². The van der Waals surface area contributed by atoms with Crippen molar-refractivity contribution in [3.63, 3.8) is 0 Å². The van der Waals surface area contributed by atoms with Gasteiger partial charge in [-0.05, 0) is 25.0 Å². The van der Waals surface area contributed by atoms with Crippen molar-refractivity contribution in [2.75, 3.05) is 7.11 Å². The summed E-state index contributed by atoms with van der Waals surface area (Å²) < 4.78 is 5.19. The first kappa shape index (κ1) is 9.07. The minimum Gasteiger partial charge on any atom is -0.496 e. The van der Waals surface area contributed by atoms with Crippen molar-refractivity contribution in [3.8, 4) is 5.75 Å². The Hall–Kier alpha value is -1.02. The third-order valence-corrected chi connectivity index (χ3v) is 1.73. The Balaban J connectivity index is 2.82. The number of rotatable bonds is 3. The van der Waals surface area contributed by atoms with Crippen LogP contribution >= 0.6 is 0 Å². The highest BCUT2D eigenvalue weighted by atomic mass is 16.5. The van der Waals surface area contributed by atoms with Gasteiger partial charge in [-0.25, -0.2) is 0 Å². The molecule has 0 unspecified atom stereocenters. The van der Waals surface area contributed by atoms with Gasteiger partial charge in [0.1, 0.15) is 5.75 Å². The van der Waals surface area contributed by atoms with Crippen LogP contribution in [0.2, 0.25) is 0 Å². The zero-order chi connectivity index (χ0) is 8.97. The van der Waals surface area contributed by atoms with Crippen LogP contribution in [0.4, 0.5) is 0 Å². The molecule has 0 bridgehead atoms. The van der Waals surface area contributed by atoms with Crippen LogP contribution in [0.1, 0.15) is 12.5 Å². The van der Waals surface area contributed by atoms with Crippen molar-refractivity contribution < 1.29 is 4.74 Å². The van der Waals surface area contributed by atoms with Gasteiger partial charge in [-0.1, -0.05) is 18.2 Å². The Morgan fingerprint density at radius 1 is 1.42 bits per heavy atom. The van der Waals surface area contributed by atoms with E-state index in [0.29, 0.717) is 0 Å². The normalized spacial score (nSPS) is 12.6. The van der Waals surface area contributed by atoms with Crippen LogP contribution in [0.3, 0.4) is 0 Å². The van der Waals surface area contributed by atoms with Crippen molar-refractivity contribution >= 4 is 0 Å². The van der Waals surface area contributed by atoms with E-state index in [-0.39, 0.29) is 6.04 Å². The van der Waals surface area contributed by atoms with Crippen molar-refractivity contribution in [1.29, 1.82) is 0 Å². The molecule has 0 aliphatic rings. The summed E-state index contributed by atoms with van der Waals surface area (Å²) in [7, 11) is 1.68. The van der Waals surface area contributed by atoms with E-state index in [4.69, 9.17) is 10.5 Å². The molecule has 0 aliphatic carbocycles. The number of para-hydroxylation sites is 1. The summed E-state index contributed by atoms with van der Waals surface area (Å²) in [4.78, 5) is 0. The highest BCUT2D eigenvalue weighted by molar-refractivity contribution is 5.33. The summed E-state index contributed by atoms with van der Waals surface area (Å²) in [5.74, 6) is 0.926. The lowest BCUT2D eigenvalue weighted by Gasteiger charge is -2.09. The maximum absolute atomic E-state index is 5.69. The fourth-order valence-corrected chi connectivity index (χ4v) is 1.22. The smallest absolute Gasteiger partial charge is 0.122 e. The Kier molecular flexibility index (Phi) is 3.11. The molecule has 1 atom stereocenters. The van der Waals surface area contributed by atoms with E-state index in [1.165, 1.54) is 5.56 Å². The van der Waals surface area contributed by atoms with Crippen molar-refractivity contribution in [1.82, 2.24) is 0 Å². The lowest BCUT2D eigenvalue weighted by atomic mass is 10.1. The highest BCUT2D eigenvalue weighted by Crippen LogP contribution is 2.18. The van der Waals surface area contributed by atoms with Gasteiger partial charge in [0, 0.05) is 6.04 Å². The topological polar surface area (TPSA) is 35.2 Å². The van der Waals surface area contributed by atoms with Gasteiger partial charge in [-0.2, -0.15) is 0 Å². The molecule has 2 heteroatoms. The number of hydrogen-bond donors (Lipinski definition) is 1. The predicted octanol–water partition coefficient (Wildman–Crippen LogP) is 1.58. The van der Waals surface area contributed by atoms with Crippen LogP contribution in [0.5, 0.6) is 5.75 Å². The third kappa shape index (κ3) is 2.24. The van der Waals surface area contributed by atoms with Gasteiger partial charge in [-0.3, -0.25) is 0 Å². The number of ether oxygens (including phenoxy) is 1. The second-order valence-corrected chi connectivity index (χ2v) is 2.99. The fourth-order valence-electron chi connectivity index (χ4n) is 1.22. The number of benzene rings is 1. The predicted molar refractivity (Wildman–Crippen MR) is 50.3 cm³/mol. The van der Waals surface area contributed by atoms with Crippen LogP contribution in [0.25, 0.3) is 0 Å². The molecule has 66 valence electrons. The summed E-state index contributed by atoms with van der Waals surface area (Å²) in [6.07, 6.45) is 0.865. The summed E-state index contributed by atoms with van der Waals surface area (Å²) in [6, 6.07) is 8.14. The van der Waals surface area contributed by atoms with E-state index in [1.807, 2.05) is 31.2 Å². The second-order valence-electron chi connectivity index (χ2n) is 2.99. The Bertz CT molecular complexity index is 245. The van der Waals surface area contributed by atoms with Crippen LogP contribution in [-0.2, 0) is 6.42 Å². The van der Waals surface area contributed by atoms with Gasteiger partial charge >= 0.3 is 0 Å². The lowest BCUT2D eigenvalue weighted by Crippen LogP contribution is -2.18. The standard InChI is InChI=1S/C10H15NO/c1-8(11)7-9-5-3-4-6-10(9)12-2/h3-6,8H,7,11H2,1-2H3/t8-/m1/s1. The van der Waals surface area contributed by atoms with E-state index in [0.717, 1.165) is 12.2 Å². The second kappa shape index (κ2) is 4.12. The molecule has 0 saturated carbocycles. The average Bonchev–Trinajstić information content (AvgIpc) is 2.04. The monoisotopic (exact) mass is 165 g/mol. The molecule has 0 spiro atoms. The molecule has 12 heavy (non-hydrogen) atoms. The van der Waals surface area contributed by atoms with E-state index >= 15 is 0 Å². The Labute approximate surface area is 73.3 Å². The van der Waals surface area contributed by atoms with E-state index in [9.17, 15) is 0 Å². The van der Waals surface area contributed by atoms with Crippen LogP contribution in [0.15, 0.2) is 24.3 Å². The van der Waals surface area contributed by atoms with Gasteiger partial charge in [0.2, 0.25) is 0 Å². The minimum absolute atomic E-state index is 0.182. The summed E-state index contributed by atoms with van der Waals surface area (Å²) in [5.41, 5.74) is 6.87. The average molecular weight is 165 g/mol. The molecule has 0 amide bonds. The molecular weight excluding hydrogens is 150 g/mol. The largest absolute Gasteiger partial charge is 0.496 e. The first-order valence-electron chi connectivity index (χ1n) is 4.11. The summed E-state index contributed by atoms with van der Waals surface area (Å²) in [6.45, 7) is 1.99. The van der Waals surface area contributed by atoms with E-state index in [1.54, 1.807) is 7.11 Å². The molecule has 0 fully saturated rings. The lowest BCUT2D eigenvalue weighted by molar-refractivity contribution is 0.408. The fraction of sp³-hybridized carbons (Fsp3) is 0.400. The molecule has 2 nitrogen and oxygen atoms in total. The molecular formula is C10H15NO. The molecule has 0 aromatic heterocycles. The molecule has 0 heterocycles. The first-order chi connectivity index (χ1) is 5.74. The van der Waals surface area contributed by atoms with Crippen LogP contribution < -0.4 is 10.5 Å².